The fourth-order valence-electron chi connectivity index (χ4n) is 4.59. The van der Waals surface area contributed by atoms with Gasteiger partial charge < -0.3 is 0 Å². The number of aryl methyl sites for hydroxylation is 3. The molecule has 0 heterocycles. The van der Waals surface area contributed by atoms with Crippen molar-refractivity contribution in [2.24, 2.45) is 0 Å². The molecule has 35 heavy (non-hydrogen) atoms. The van der Waals surface area contributed by atoms with E-state index in [1.54, 1.807) is 6.07 Å². The van der Waals surface area contributed by atoms with Crippen LogP contribution in [0.2, 0.25) is 0 Å². The summed E-state index contributed by atoms with van der Waals surface area (Å²) in [6, 6.07) is 34.2. The number of hydrogen-bond acceptors (Lipinski definition) is 0. The summed E-state index contributed by atoms with van der Waals surface area (Å²) in [7, 11) is 0. The summed E-state index contributed by atoms with van der Waals surface area (Å²) in [5, 5.41) is 0. The van der Waals surface area contributed by atoms with Crippen LogP contribution in [-0.4, -0.2) is 0 Å². The smallest absolute Gasteiger partial charge is 0.126 e. The van der Waals surface area contributed by atoms with E-state index in [9.17, 15) is 4.39 Å². The molecule has 4 aromatic carbocycles. The predicted octanol–water partition coefficient (Wildman–Crippen LogP) is 9.13. The largest absolute Gasteiger partial charge is 0.207 e. The molecule has 4 rings (SSSR count). The maximum atomic E-state index is 14.4. The lowest BCUT2D eigenvalue weighted by Crippen LogP contribution is -1.98. The minimum Gasteiger partial charge on any atom is -0.207 e. The Labute approximate surface area is 210 Å². The summed E-state index contributed by atoms with van der Waals surface area (Å²) in [4.78, 5) is 0. The fraction of sp³-hybridized carbons (Fsp3) is 0.235. The molecule has 0 amide bonds. The summed E-state index contributed by atoms with van der Waals surface area (Å²) < 4.78 is 14.4. The molecule has 0 radical (unpaired) electrons. The lowest BCUT2D eigenvalue weighted by atomic mass is 9.92. The molecule has 1 unspecified atom stereocenters. The molecule has 0 saturated carbocycles. The third kappa shape index (κ3) is 7.02. The Bertz CT molecular complexity index is 1220. The number of benzene rings is 4. The zero-order valence-corrected chi connectivity index (χ0v) is 20.9. The van der Waals surface area contributed by atoms with Crippen molar-refractivity contribution in [2.75, 3.05) is 0 Å². The normalized spacial score (nSPS) is 12.2. The summed E-state index contributed by atoms with van der Waals surface area (Å²) in [5.74, 6) is 0.424. The van der Waals surface area contributed by atoms with Crippen LogP contribution in [0.5, 0.6) is 0 Å². The highest BCUT2D eigenvalue weighted by Gasteiger charge is 2.07. The van der Waals surface area contributed by atoms with Crippen LogP contribution in [0, 0.1) is 5.82 Å². The van der Waals surface area contributed by atoms with Crippen molar-refractivity contribution in [1.82, 2.24) is 0 Å². The highest BCUT2D eigenvalue weighted by Crippen LogP contribution is 2.24. The van der Waals surface area contributed by atoms with E-state index in [0.29, 0.717) is 5.92 Å². The molecule has 0 spiro atoms. The van der Waals surface area contributed by atoms with Gasteiger partial charge in [0.25, 0.3) is 0 Å². The Hall–Kier alpha value is -3.45. The molecule has 0 fully saturated rings. The van der Waals surface area contributed by atoms with Crippen LogP contribution >= 0.6 is 0 Å². The van der Waals surface area contributed by atoms with E-state index in [4.69, 9.17) is 0 Å². The molecule has 0 bridgehead atoms. The van der Waals surface area contributed by atoms with Gasteiger partial charge in [0.2, 0.25) is 0 Å². The zero-order valence-electron chi connectivity index (χ0n) is 20.9. The maximum absolute atomic E-state index is 14.4. The van der Waals surface area contributed by atoms with Crippen LogP contribution in [0.4, 0.5) is 4.39 Å². The summed E-state index contributed by atoms with van der Waals surface area (Å²) in [5.41, 5.74) is 8.35. The third-order valence-electron chi connectivity index (χ3n) is 6.79. The lowest BCUT2D eigenvalue weighted by Gasteiger charge is -2.12. The van der Waals surface area contributed by atoms with Crippen molar-refractivity contribution in [3.63, 3.8) is 0 Å². The molecule has 0 N–H and O–H groups in total. The van der Waals surface area contributed by atoms with Crippen molar-refractivity contribution in [3.05, 3.63) is 143 Å². The SMILES string of the molecule is C/C=C/CCc1ccc(CCc2ccc(-c3ccc(CC(C)c4ccccc4)cc3)cc2)cc1F. The van der Waals surface area contributed by atoms with E-state index in [-0.39, 0.29) is 5.82 Å². The zero-order chi connectivity index (χ0) is 24.5. The standard InChI is InChI=1S/C34H35F/c1-3-4-6-11-33-23-18-29(25-34(33)35)13-12-27-14-19-31(20-15-27)32-21-16-28(17-22-32)24-26(2)30-9-7-5-8-10-30/h3-5,7-10,14-23,25-26H,6,11-13,24H2,1-2H3/b4-3+. The molecule has 0 aliphatic rings. The van der Waals surface area contributed by atoms with Crippen LogP contribution in [0.3, 0.4) is 0 Å². The first kappa shape index (κ1) is 24.7. The van der Waals surface area contributed by atoms with Crippen LogP contribution in [0.15, 0.2) is 109 Å². The van der Waals surface area contributed by atoms with E-state index >= 15 is 0 Å². The number of halogens is 1. The van der Waals surface area contributed by atoms with Gasteiger partial charge in [-0.1, -0.05) is 110 Å². The molecule has 0 aromatic heterocycles. The lowest BCUT2D eigenvalue weighted by molar-refractivity contribution is 0.607. The van der Waals surface area contributed by atoms with Crippen LogP contribution in [0.1, 0.15) is 54.0 Å². The van der Waals surface area contributed by atoms with Gasteiger partial charge in [0.1, 0.15) is 5.82 Å². The monoisotopic (exact) mass is 462 g/mol. The fourth-order valence-corrected chi connectivity index (χ4v) is 4.59. The quantitative estimate of drug-likeness (QED) is 0.206. The van der Waals surface area contributed by atoms with Crippen LogP contribution in [-0.2, 0) is 25.7 Å². The maximum Gasteiger partial charge on any atom is 0.126 e. The van der Waals surface area contributed by atoms with Crippen molar-refractivity contribution >= 4 is 0 Å². The molecular weight excluding hydrogens is 427 g/mol. The number of allylic oxidation sites excluding steroid dienone is 2. The highest BCUT2D eigenvalue weighted by atomic mass is 19.1. The van der Waals surface area contributed by atoms with E-state index in [1.807, 2.05) is 19.1 Å². The van der Waals surface area contributed by atoms with Gasteiger partial charge >= 0.3 is 0 Å². The Balaban J connectivity index is 1.32. The first-order chi connectivity index (χ1) is 17.1. The van der Waals surface area contributed by atoms with Crippen molar-refractivity contribution in [1.29, 1.82) is 0 Å². The number of hydrogen-bond donors (Lipinski definition) is 0. The van der Waals surface area contributed by atoms with Crippen LogP contribution in [0.25, 0.3) is 11.1 Å². The topological polar surface area (TPSA) is 0 Å². The first-order valence-electron chi connectivity index (χ1n) is 12.7. The second-order valence-corrected chi connectivity index (χ2v) is 9.44. The molecule has 178 valence electrons. The number of rotatable bonds is 10. The van der Waals surface area contributed by atoms with E-state index in [1.165, 1.54) is 27.8 Å². The summed E-state index contributed by atoms with van der Waals surface area (Å²) in [6.45, 7) is 4.28. The molecule has 0 aliphatic heterocycles. The van der Waals surface area contributed by atoms with Crippen molar-refractivity contribution in [3.8, 4) is 11.1 Å². The van der Waals surface area contributed by atoms with Gasteiger partial charge in [0.15, 0.2) is 0 Å². The first-order valence-corrected chi connectivity index (χ1v) is 12.7. The van der Waals surface area contributed by atoms with Crippen LogP contribution < -0.4 is 0 Å². The molecule has 1 atom stereocenters. The van der Waals surface area contributed by atoms with Crippen molar-refractivity contribution in [2.45, 2.75) is 51.9 Å². The summed E-state index contributed by atoms with van der Waals surface area (Å²) >= 11 is 0. The minimum absolute atomic E-state index is 0.0797. The van der Waals surface area contributed by atoms with Gasteiger partial charge in [-0.05, 0) is 90.0 Å². The molecule has 4 aromatic rings. The van der Waals surface area contributed by atoms with Gasteiger partial charge in [-0.2, -0.15) is 0 Å². The molecule has 0 aliphatic carbocycles. The summed E-state index contributed by atoms with van der Waals surface area (Å²) in [6.07, 6.45) is 8.53. The van der Waals surface area contributed by atoms with Gasteiger partial charge in [0.05, 0.1) is 0 Å². The van der Waals surface area contributed by atoms with Crippen molar-refractivity contribution < 1.29 is 4.39 Å². The van der Waals surface area contributed by atoms with Gasteiger partial charge in [-0.25, -0.2) is 4.39 Å². The average Bonchev–Trinajstić information content (AvgIpc) is 2.90. The average molecular weight is 463 g/mol. The molecular formula is C34H35F. The highest BCUT2D eigenvalue weighted by molar-refractivity contribution is 5.64. The minimum atomic E-state index is -0.0797. The second-order valence-electron chi connectivity index (χ2n) is 9.44. The van der Waals surface area contributed by atoms with Gasteiger partial charge in [-0.15, -0.1) is 0 Å². The third-order valence-corrected chi connectivity index (χ3v) is 6.79. The van der Waals surface area contributed by atoms with E-state index < -0.39 is 0 Å². The second kappa shape index (κ2) is 12.3. The Kier molecular flexibility index (Phi) is 8.68. The van der Waals surface area contributed by atoms with E-state index in [0.717, 1.165) is 43.2 Å². The Morgan fingerprint density at radius 2 is 1.29 bits per heavy atom. The molecule has 0 saturated heterocycles. The van der Waals surface area contributed by atoms with Gasteiger partial charge in [-0.3, -0.25) is 0 Å². The Morgan fingerprint density at radius 1 is 0.686 bits per heavy atom. The molecule has 0 nitrogen and oxygen atoms in total. The van der Waals surface area contributed by atoms with E-state index in [2.05, 4.69) is 97.9 Å². The molecule has 1 heteroatoms. The Morgan fingerprint density at radius 3 is 1.91 bits per heavy atom. The van der Waals surface area contributed by atoms with Gasteiger partial charge in [0, 0.05) is 0 Å². The predicted molar refractivity (Wildman–Crippen MR) is 147 cm³/mol.